The Morgan fingerprint density at radius 2 is 1.89 bits per heavy atom. The van der Waals surface area contributed by atoms with Gasteiger partial charge in [0.25, 0.3) is 0 Å². The number of halogens is 2. The Morgan fingerprint density at radius 3 is 2.33 bits per heavy atom. The number of hydrogen-bond donors (Lipinski definition) is 1. The summed E-state index contributed by atoms with van der Waals surface area (Å²) in [7, 11) is 3.39. The second kappa shape index (κ2) is 5.63. The van der Waals surface area contributed by atoms with Gasteiger partial charge in [-0.2, -0.15) is 0 Å². The van der Waals surface area contributed by atoms with E-state index in [1.807, 2.05) is 0 Å². The van der Waals surface area contributed by atoms with Gasteiger partial charge in [0, 0.05) is 6.07 Å². The molecular weight excluding hydrogens is 250 g/mol. The molecule has 0 amide bonds. The van der Waals surface area contributed by atoms with E-state index in [1.165, 1.54) is 14.2 Å². The van der Waals surface area contributed by atoms with Gasteiger partial charge in [-0.15, -0.1) is 0 Å². The molecule has 0 aliphatic heterocycles. The van der Waals surface area contributed by atoms with Gasteiger partial charge >= 0.3 is 5.97 Å². The number of esters is 1. The van der Waals surface area contributed by atoms with Crippen LogP contribution in [0.2, 0.25) is 0 Å². The predicted molar refractivity (Wildman–Crippen MR) is 56.4 cm³/mol. The van der Waals surface area contributed by atoms with Gasteiger partial charge in [0.15, 0.2) is 29.2 Å². The van der Waals surface area contributed by atoms with E-state index in [9.17, 15) is 18.7 Å². The Balaban J connectivity index is 3.48. The number of aliphatic hydroxyl groups excluding tert-OH is 1. The number of methoxy groups -OCH3 is 3. The molecule has 1 aromatic rings. The fourth-order valence-corrected chi connectivity index (χ4v) is 1.44. The highest BCUT2D eigenvalue weighted by Crippen LogP contribution is 2.38. The molecule has 5 nitrogen and oxygen atoms in total. The number of rotatable bonds is 4. The van der Waals surface area contributed by atoms with Crippen LogP contribution in [-0.2, 0) is 9.53 Å². The molecule has 1 unspecified atom stereocenters. The monoisotopic (exact) mass is 262 g/mol. The van der Waals surface area contributed by atoms with E-state index in [4.69, 9.17) is 9.47 Å². The van der Waals surface area contributed by atoms with Gasteiger partial charge in [0.2, 0.25) is 0 Å². The summed E-state index contributed by atoms with van der Waals surface area (Å²) in [5.74, 6) is -4.22. The topological polar surface area (TPSA) is 65.0 Å². The molecule has 0 aromatic heterocycles. The van der Waals surface area contributed by atoms with Gasteiger partial charge in [-0.25, -0.2) is 13.6 Å². The van der Waals surface area contributed by atoms with Gasteiger partial charge in [0.1, 0.15) is 0 Å². The SMILES string of the molecule is COC(=O)C(O)c1c(F)c(F)cc(OC)c1OC. The van der Waals surface area contributed by atoms with Gasteiger partial charge in [-0.05, 0) is 0 Å². The summed E-state index contributed by atoms with van der Waals surface area (Å²) in [5.41, 5.74) is -0.666. The zero-order valence-electron chi connectivity index (χ0n) is 9.99. The van der Waals surface area contributed by atoms with Crippen LogP contribution in [0.25, 0.3) is 0 Å². The van der Waals surface area contributed by atoms with E-state index in [1.54, 1.807) is 0 Å². The lowest BCUT2D eigenvalue weighted by molar-refractivity contribution is -0.151. The van der Waals surface area contributed by atoms with Crippen LogP contribution in [0, 0.1) is 11.6 Å². The molecule has 0 saturated carbocycles. The third-order valence-electron chi connectivity index (χ3n) is 2.29. The van der Waals surface area contributed by atoms with E-state index < -0.39 is 29.3 Å². The molecule has 0 fully saturated rings. The first-order valence-electron chi connectivity index (χ1n) is 4.83. The lowest BCUT2D eigenvalue weighted by Gasteiger charge is -2.16. The highest BCUT2D eigenvalue weighted by atomic mass is 19.2. The van der Waals surface area contributed by atoms with Crippen molar-refractivity contribution in [3.8, 4) is 11.5 Å². The van der Waals surface area contributed by atoms with Crippen LogP contribution in [0.5, 0.6) is 11.5 Å². The maximum absolute atomic E-state index is 13.6. The summed E-state index contributed by atoms with van der Waals surface area (Å²) in [6, 6.07) is 0.752. The molecule has 1 aromatic carbocycles. The summed E-state index contributed by atoms with van der Waals surface area (Å²) < 4.78 is 40.8. The van der Waals surface area contributed by atoms with Crippen LogP contribution < -0.4 is 9.47 Å². The number of carbonyl (C=O) groups is 1. The predicted octanol–water partition coefficient (Wildman–Crippen LogP) is 1.19. The van der Waals surface area contributed by atoms with Crippen LogP contribution >= 0.6 is 0 Å². The average molecular weight is 262 g/mol. The summed E-state index contributed by atoms with van der Waals surface area (Å²) in [5, 5.41) is 9.61. The Bertz CT molecular complexity index is 461. The Kier molecular flexibility index (Phi) is 4.43. The molecular formula is C11H12F2O5. The quantitative estimate of drug-likeness (QED) is 0.826. The van der Waals surface area contributed by atoms with Crippen LogP contribution in [0.15, 0.2) is 6.07 Å². The molecule has 0 bridgehead atoms. The van der Waals surface area contributed by atoms with Crippen molar-refractivity contribution >= 4 is 5.97 Å². The van der Waals surface area contributed by atoms with Crippen molar-refractivity contribution in [2.75, 3.05) is 21.3 Å². The van der Waals surface area contributed by atoms with E-state index in [-0.39, 0.29) is 11.5 Å². The Labute approximate surface area is 102 Å². The summed E-state index contributed by atoms with van der Waals surface area (Å²) in [6.07, 6.45) is -2.01. The lowest BCUT2D eigenvalue weighted by Crippen LogP contribution is -2.17. The van der Waals surface area contributed by atoms with Crippen LogP contribution in [0.1, 0.15) is 11.7 Å². The maximum atomic E-state index is 13.6. The van der Waals surface area contributed by atoms with Crippen molar-refractivity contribution < 1.29 is 32.9 Å². The standard InChI is InChI=1S/C11H12F2O5/c1-16-6-4-5(12)8(13)7(10(6)17-2)9(14)11(15)18-3/h4,9,14H,1-3H3. The van der Waals surface area contributed by atoms with E-state index in [2.05, 4.69) is 4.74 Å². The van der Waals surface area contributed by atoms with Crippen molar-refractivity contribution in [2.45, 2.75) is 6.10 Å². The first-order chi connectivity index (χ1) is 8.47. The van der Waals surface area contributed by atoms with Crippen molar-refractivity contribution in [3.05, 3.63) is 23.3 Å². The minimum absolute atomic E-state index is 0.144. The summed E-state index contributed by atoms with van der Waals surface area (Å²) in [6.45, 7) is 0. The maximum Gasteiger partial charge on any atom is 0.339 e. The second-order valence-electron chi connectivity index (χ2n) is 3.25. The van der Waals surface area contributed by atoms with Gasteiger partial charge in [-0.3, -0.25) is 0 Å². The largest absolute Gasteiger partial charge is 0.493 e. The fraction of sp³-hybridized carbons (Fsp3) is 0.364. The summed E-state index contributed by atoms with van der Waals surface area (Å²) >= 11 is 0. The smallest absolute Gasteiger partial charge is 0.339 e. The third-order valence-corrected chi connectivity index (χ3v) is 2.29. The molecule has 18 heavy (non-hydrogen) atoms. The minimum atomic E-state index is -2.01. The average Bonchev–Trinajstić information content (AvgIpc) is 2.39. The van der Waals surface area contributed by atoms with E-state index in [0.717, 1.165) is 13.2 Å². The highest BCUT2D eigenvalue weighted by molar-refractivity contribution is 5.78. The molecule has 0 aliphatic carbocycles. The molecule has 1 N–H and O–H groups in total. The lowest BCUT2D eigenvalue weighted by atomic mass is 10.1. The van der Waals surface area contributed by atoms with E-state index >= 15 is 0 Å². The normalized spacial score (nSPS) is 11.9. The molecule has 0 spiro atoms. The number of carbonyl (C=O) groups excluding carboxylic acids is 1. The Morgan fingerprint density at radius 1 is 1.28 bits per heavy atom. The number of benzene rings is 1. The fourth-order valence-electron chi connectivity index (χ4n) is 1.44. The zero-order valence-corrected chi connectivity index (χ0v) is 9.99. The first-order valence-corrected chi connectivity index (χ1v) is 4.83. The zero-order chi connectivity index (χ0) is 13.9. The number of ether oxygens (including phenoxy) is 3. The first kappa shape index (κ1) is 14.2. The molecule has 0 heterocycles. The third kappa shape index (κ3) is 2.35. The number of aliphatic hydroxyl groups is 1. The molecule has 0 aliphatic rings. The van der Waals surface area contributed by atoms with Gasteiger partial charge < -0.3 is 19.3 Å². The van der Waals surface area contributed by atoms with Crippen molar-refractivity contribution in [3.63, 3.8) is 0 Å². The highest BCUT2D eigenvalue weighted by Gasteiger charge is 2.30. The van der Waals surface area contributed by atoms with Crippen molar-refractivity contribution in [1.82, 2.24) is 0 Å². The molecule has 0 saturated heterocycles. The van der Waals surface area contributed by atoms with Crippen molar-refractivity contribution in [1.29, 1.82) is 0 Å². The van der Waals surface area contributed by atoms with Crippen LogP contribution in [0.4, 0.5) is 8.78 Å². The van der Waals surface area contributed by atoms with Crippen LogP contribution in [-0.4, -0.2) is 32.4 Å². The molecule has 1 atom stereocenters. The molecule has 0 radical (unpaired) electrons. The van der Waals surface area contributed by atoms with Gasteiger partial charge in [0.05, 0.1) is 26.9 Å². The van der Waals surface area contributed by atoms with Crippen molar-refractivity contribution in [2.24, 2.45) is 0 Å². The minimum Gasteiger partial charge on any atom is -0.493 e. The summed E-state index contributed by atoms with van der Waals surface area (Å²) in [4.78, 5) is 11.2. The molecule has 100 valence electrons. The van der Waals surface area contributed by atoms with Gasteiger partial charge in [-0.1, -0.05) is 0 Å². The van der Waals surface area contributed by atoms with E-state index in [0.29, 0.717) is 0 Å². The number of hydrogen-bond acceptors (Lipinski definition) is 5. The van der Waals surface area contributed by atoms with Crippen LogP contribution in [0.3, 0.4) is 0 Å². The molecule has 1 rings (SSSR count). The second-order valence-corrected chi connectivity index (χ2v) is 3.25. The molecule has 7 heteroatoms. The Hall–Kier alpha value is -1.89.